The molecule has 2 aliphatic rings. The van der Waals surface area contributed by atoms with Crippen molar-refractivity contribution in [1.82, 2.24) is 10.2 Å². The van der Waals surface area contributed by atoms with E-state index in [9.17, 15) is 22.8 Å². The van der Waals surface area contributed by atoms with Crippen LogP contribution in [0.2, 0.25) is 0 Å². The predicted octanol–water partition coefficient (Wildman–Crippen LogP) is 2.10. The predicted molar refractivity (Wildman–Crippen MR) is 78.4 cm³/mol. The molecule has 9 heteroatoms. The Labute approximate surface area is 138 Å². The maximum absolute atomic E-state index is 13.0. The third-order valence-electron chi connectivity index (χ3n) is 5.21. The Morgan fingerprint density at radius 2 is 2.00 bits per heavy atom. The minimum atomic E-state index is -4.63. The summed E-state index contributed by atoms with van der Waals surface area (Å²) in [5.74, 6) is -5.16. The summed E-state index contributed by atoms with van der Waals surface area (Å²) in [6, 6.07) is -0.628. The summed E-state index contributed by atoms with van der Waals surface area (Å²) in [7, 11) is 1.60. The number of carboxylic acid groups (broad SMARTS) is 1. The van der Waals surface area contributed by atoms with Gasteiger partial charge in [-0.25, -0.2) is 4.79 Å². The summed E-state index contributed by atoms with van der Waals surface area (Å²) in [5.41, 5.74) is -0.0545. The quantitative estimate of drug-likeness (QED) is 0.767. The van der Waals surface area contributed by atoms with E-state index < -0.39 is 43.1 Å². The molecule has 138 valence electrons. The highest BCUT2D eigenvalue weighted by Gasteiger charge is 2.53. The molecule has 6 nitrogen and oxygen atoms in total. The number of ether oxygens (including phenoxy) is 1. The summed E-state index contributed by atoms with van der Waals surface area (Å²) in [6.45, 7) is -0.0925. The third-order valence-corrected chi connectivity index (χ3v) is 5.21. The number of alkyl halides is 3. The fourth-order valence-corrected chi connectivity index (χ4v) is 3.44. The number of aliphatic carboxylic acids is 1. The molecule has 1 heterocycles. The van der Waals surface area contributed by atoms with Gasteiger partial charge in [-0.15, -0.1) is 0 Å². The summed E-state index contributed by atoms with van der Waals surface area (Å²) < 4.78 is 43.9. The van der Waals surface area contributed by atoms with Gasteiger partial charge in [-0.05, 0) is 24.7 Å². The van der Waals surface area contributed by atoms with Crippen molar-refractivity contribution in [3.05, 3.63) is 0 Å². The van der Waals surface area contributed by atoms with Crippen LogP contribution < -0.4 is 5.32 Å². The van der Waals surface area contributed by atoms with Crippen LogP contribution in [0.3, 0.4) is 0 Å². The maximum Gasteiger partial charge on any atom is 0.394 e. The Bertz CT molecular complexity index is 480. The fraction of sp³-hybridized carbons (Fsp3) is 0.867. The lowest BCUT2D eigenvalue weighted by molar-refractivity contribution is -0.187. The number of nitrogens with zero attached hydrogens (tertiary/aromatic N) is 1. The second-order valence-electron chi connectivity index (χ2n) is 6.75. The van der Waals surface area contributed by atoms with Crippen LogP contribution in [0.1, 0.15) is 25.7 Å². The zero-order chi connectivity index (χ0) is 18.0. The number of likely N-dealkylation sites (tertiary alicyclic amines) is 1. The molecule has 2 N–H and O–H groups in total. The first kappa shape index (κ1) is 18.8. The van der Waals surface area contributed by atoms with E-state index in [1.807, 2.05) is 0 Å². The molecule has 0 bridgehead atoms. The molecule has 2 rings (SSSR count). The Balaban J connectivity index is 1.92. The number of hydrogen-bond acceptors (Lipinski definition) is 3. The molecule has 1 aliphatic carbocycles. The first-order valence-electron chi connectivity index (χ1n) is 8.00. The summed E-state index contributed by atoms with van der Waals surface area (Å²) >= 11 is 0. The van der Waals surface area contributed by atoms with Crippen molar-refractivity contribution in [2.24, 2.45) is 17.3 Å². The van der Waals surface area contributed by atoms with Crippen molar-refractivity contribution in [1.29, 1.82) is 0 Å². The van der Waals surface area contributed by atoms with Crippen molar-refractivity contribution in [3.8, 4) is 0 Å². The normalized spacial score (nSPS) is 26.1. The van der Waals surface area contributed by atoms with Gasteiger partial charge in [-0.1, -0.05) is 6.42 Å². The van der Waals surface area contributed by atoms with Crippen molar-refractivity contribution in [3.63, 3.8) is 0 Å². The monoisotopic (exact) mass is 352 g/mol. The minimum Gasteiger partial charge on any atom is -0.481 e. The largest absolute Gasteiger partial charge is 0.481 e. The van der Waals surface area contributed by atoms with E-state index >= 15 is 0 Å². The van der Waals surface area contributed by atoms with Crippen molar-refractivity contribution >= 4 is 12.0 Å². The van der Waals surface area contributed by atoms with Crippen LogP contribution in [0.25, 0.3) is 0 Å². The number of urea groups is 1. The van der Waals surface area contributed by atoms with Gasteiger partial charge in [0.05, 0.1) is 11.8 Å². The van der Waals surface area contributed by atoms with E-state index in [0.717, 1.165) is 30.6 Å². The van der Waals surface area contributed by atoms with Gasteiger partial charge in [-0.3, -0.25) is 4.79 Å². The molecule has 1 aliphatic heterocycles. The molecule has 0 radical (unpaired) electrons. The van der Waals surface area contributed by atoms with Crippen LogP contribution in [-0.4, -0.2) is 61.5 Å². The number of carboxylic acids is 1. The van der Waals surface area contributed by atoms with Crippen LogP contribution >= 0.6 is 0 Å². The van der Waals surface area contributed by atoms with Gasteiger partial charge in [0.1, 0.15) is 0 Å². The van der Waals surface area contributed by atoms with E-state index in [4.69, 9.17) is 9.84 Å². The lowest BCUT2D eigenvalue weighted by Gasteiger charge is -2.42. The smallest absolute Gasteiger partial charge is 0.394 e. The second kappa shape index (κ2) is 7.16. The van der Waals surface area contributed by atoms with Crippen LogP contribution in [0.4, 0.5) is 18.0 Å². The van der Waals surface area contributed by atoms with Crippen molar-refractivity contribution in [2.45, 2.75) is 31.9 Å². The molecule has 2 amide bonds. The standard InChI is InChI=1S/C15H23F3N2O4/c1-24-6-5-14(3-2-4-14)9-19-13(23)20-7-10(12(21)22)11(8-20)15(16,17)18/h10-11H,2-9H2,1H3,(H,19,23)(H,21,22)/t10-,11-/m1/s1. The number of halogens is 3. The van der Waals surface area contributed by atoms with Gasteiger partial charge < -0.3 is 20.1 Å². The first-order valence-corrected chi connectivity index (χ1v) is 8.00. The molecule has 0 spiro atoms. The lowest BCUT2D eigenvalue weighted by atomic mass is 9.67. The van der Waals surface area contributed by atoms with Gasteiger partial charge in [0.25, 0.3) is 0 Å². The molecular weight excluding hydrogens is 329 g/mol. The number of hydrogen-bond donors (Lipinski definition) is 2. The van der Waals surface area contributed by atoms with Gasteiger partial charge in [-0.2, -0.15) is 13.2 Å². The van der Waals surface area contributed by atoms with Gasteiger partial charge in [0, 0.05) is 33.4 Å². The Morgan fingerprint density at radius 1 is 1.33 bits per heavy atom. The zero-order valence-electron chi connectivity index (χ0n) is 13.6. The zero-order valence-corrected chi connectivity index (χ0v) is 13.6. The molecule has 1 saturated carbocycles. The highest BCUT2D eigenvalue weighted by atomic mass is 19.4. The molecular formula is C15H23F3N2O4. The van der Waals surface area contributed by atoms with Gasteiger partial charge in [0.15, 0.2) is 0 Å². The number of methoxy groups -OCH3 is 1. The summed E-state index contributed by atoms with van der Waals surface area (Å²) in [5, 5.41) is 11.7. The third kappa shape index (κ3) is 4.12. The van der Waals surface area contributed by atoms with Gasteiger partial charge >= 0.3 is 18.2 Å². The minimum absolute atomic E-state index is 0.0545. The molecule has 0 aromatic carbocycles. The highest BCUT2D eigenvalue weighted by Crippen LogP contribution is 2.43. The molecule has 0 unspecified atom stereocenters. The fourth-order valence-electron chi connectivity index (χ4n) is 3.44. The summed E-state index contributed by atoms with van der Waals surface area (Å²) in [6.07, 6.45) is -0.905. The van der Waals surface area contributed by atoms with E-state index in [2.05, 4.69) is 5.32 Å². The van der Waals surface area contributed by atoms with Crippen LogP contribution in [0, 0.1) is 17.3 Å². The van der Waals surface area contributed by atoms with Crippen LogP contribution in [-0.2, 0) is 9.53 Å². The van der Waals surface area contributed by atoms with Crippen molar-refractivity contribution < 1.29 is 32.6 Å². The molecule has 24 heavy (non-hydrogen) atoms. The van der Waals surface area contributed by atoms with Crippen molar-refractivity contribution in [2.75, 3.05) is 33.4 Å². The molecule has 0 aromatic rings. The first-order chi connectivity index (χ1) is 11.2. The lowest BCUT2D eigenvalue weighted by Crippen LogP contribution is -2.47. The average Bonchev–Trinajstić information content (AvgIpc) is 2.91. The molecule has 0 aromatic heterocycles. The van der Waals surface area contributed by atoms with Crippen LogP contribution in [0.15, 0.2) is 0 Å². The Hall–Kier alpha value is -1.51. The average molecular weight is 352 g/mol. The summed E-state index contributed by atoms with van der Waals surface area (Å²) in [4.78, 5) is 24.2. The van der Waals surface area contributed by atoms with E-state index in [0.29, 0.717) is 13.2 Å². The number of carbonyl (C=O) groups is 2. The Kier molecular flexibility index (Phi) is 5.62. The van der Waals surface area contributed by atoms with Gasteiger partial charge in [0.2, 0.25) is 0 Å². The topological polar surface area (TPSA) is 78.9 Å². The Morgan fingerprint density at radius 3 is 2.42 bits per heavy atom. The molecule has 2 fully saturated rings. The number of amides is 2. The number of rotatable bonds is 6. The van der Waals surface area contributed by atoms with E-state index in [-0.39, 0.29) is 5.41 Å². The molecule has 2 atom stereocenters. The maximum atomic E-state index is 13.0. The number of nitrogens with one attached hydrogen (secondary N) is 1. The highest BCUT2D eigenvalue weighted by molar-refractivity contribution is 5.77. The van der Waals surface area contributed by atoms with Crippen LogP contribution in [0.5, 0.6) is 0 Å². The molecule has 1 saturated heterocycles. The second-order valence-corrected chi connectivity index (χ2v) is 6.75. The SMILES string of the molecule is COCCC1(CNC(=O)N2C[C@@H](C(F)(F)F)[C@H](C(=O)O)C2)CCC1. The number of carbonyl (C=O) groups excluding carboxylic acids is 1. The van der Waals surface area contributed by atoms with E-state index in [1.54, 1.807) is 7.11 Å². The van der Waals surface area contributed by atoms with E-state index in [1.165, 1.54) is 0 Å².